The summed E-state index contributed by atoms with van der Waals surface area (Å²) in [7, 11) is 0. The average Bonchev–Trinajstić information content (AvgIpc) is 3.12. The number of hydrogen-bond acceptors (Lipinski definition) is 4. The van der Waals surface area contributed by atoms with Crippen molar-refractivity contribution in [3.05, 3.63) is 82.8 Å². The summed E-state index contributed by atoms with van der Waals surface area (Å²) in [4.78, 5) is 23.0. The van der Waals surface area contributed by atoms with E-state index in [0.717, 1.165) is 16.6 Å². The Balaban J connectivity index is 1.69. The highest BCUT2D eigenvalue weighted by atomic mass is 16.3. The quantitative estimate of drug-likeness (QED) is 0.425. The van der Waals surface area contributed by atoms with Gasteiger partial charge in [-0.1, -0.05) is 42.5 Å². The molecule has 0 aliphatic heterocycles. The van der Waals surface area contributed by atoms with Gasteiger partial charge in [0.15, 0.2) is 0 Å². The molecular weight excluding hydrogens is 340 g/mol. The highest BCUT2D eigenvalue weighted by molar-refractivity contribution is 5.82. The van der Waals surface area contributed by atoms with E-state index in [0.29, 0.717) is 23.5 Å². The van der Waals surface area contributed by atoms with Gasteiger partial charge in [0.1, 0.15) is 11.4 Å². The molecule has 4 aromatic rings. The summed E-state index contributed by atoms with van der Waals surface area (Å²) >= 11 is 0. The maximum atomic E-state index is 12.5. The number of nitrogens with zero attached hydrogens (tertiary/aromatic N) is 1. The summed E-state index contributed by atoms with van der Waals surface area (Å²) in [5.41, 5.74) is 3.59. The van der Waals surface area contributed by atoms with E-state index in [1.54, 1.807) is 12.3 Å². The molecule has 6 nitrogen and oxygen atoms in total. The first-order valence-electron chi connectivity index (χ1n) is 8.83. The second-order valence-corrected chi connectivity index (χ2v) is 6.41. The number of hydrogen-bond donors (Lipinski definition) is 4. The molecule has 0 radical (unpaired) electrons. The van der Waals surface area contributed by atoms with Crippen LogP contribution in [0, 0.1) is 0 Å². The van der Waals surface area contributed by atoms with Gasteiger partial charge in [0.25, 0.3) is 5.56 Å². The number of rotatable bonds is 6. The van der Waals surface area contributed by atoms with Crippen molar-refractivity contribution in [3.8, 4) is 11.4 Å². The smallest absolute Gasteiger partial charge is 0.261 e. The summed E-state index contributed by atoms with van der Waals surface area (Å²) in [5.74, 6) is 0.497. The molecule has 0 fully saturated rings. The van der Waals surface area contributed by atoms with Crippen LogP contribution in [0.1, 0.15) is 5.56 Å². The minimum Gasteiger partial charge on any atom is -0.394 e. The lowest BCUT2D eigenvalue weighted by Crippen LogP contribution is -2.28. The fourth-order valence-electron chi connectivity index (χ4n) is 3.18. The lowest BCUT2D eigenvalue weighted by atomic mass is 10.1. The van der Waals surface area contributed by atoms with Crippen molar-refractivity contribution < 1.29 is 5.11 Å². The molecule has 0 aliphatic rings. The van der Waals surface area contributed by atoms with Crippen LogP contribution in [0.5, 0.6) is 0 Å². The molecule has 0 spiro atoms. The van der Waals surface area contributed by atoms with Crippen molar-refractivity contribution in [1.29, 1.82) is 0 Å². The van der Waals surface area contributed by atoms with Gasteiger partial charge in [-0.05, 0) is 30.2 Å². The Hall–Kier alpha value is -3.38. The van der Waals surface area contributed by atoms with Crippen LogP contribution >= 0.6 is 0 Å². The average molecular weight is 360 g/mol. The predicted molar refractivity (Wildman–Crippen MR) is 107 cm³/mol. The van der Waals surface area contributed by atoms with E-state index in [9.17, 15) is 9.90 Å². The van der Waals surface area contributed by atoms with Gasteiger partial charge in [0, 0.05) is 6.20 Å². The molecule has 1 unspecified atom stereocenters. The third kappa shape index (κ3) is 3.61. The van der Waals surface area contributed by atoms with Gasteiger partial charge >= 0.3 is 0 Å². The van der Waals surface area contributed by atoms with Crippen molar-refractivity contribution in [2.45, 2.75) is 12.5 Å². The summed E-state index contributed by atoms with van der Waals surface area (Å²) in [6.45, 7) is -0.0543. The van der Waals surface area contributed by atoms with Crippen molar-refractivity contribution in [1.82, 2.24) is 15.0 Å². The largest absolute Gasteiger partial charge is 0.394 e. The Labute approximate surface area is 155 Å². The lowest BCUT2D eigenvalue weighted by molar-refractivity contribution is 0.274. The first kappa shape index (κ1) is 17.1. The molecule has 2 aromatic heterocycles. The molecule has 0 saturated carbocycles. The van der Waals surface area contributed by atoms with Crippen LogP contribution < -0.4 is 10.9 Å². The van der Waals surface area contributed by atoms with Gasteiger partial charge < -0.3 is 20.4 Å². The van der Waals surface area contributed by atoms with Crippen LogP contribution in [-0.4, -0.2) is 32.7 Å². The molecular formula is C21H20N4O2. The molecule has 0 bridgehead atoms. The first-order valence-corrected chi connectivity index (χ1v) is 8.83. The third-order valence-electron chi connectivity index (χ3n) is 4.49. The predicted octanol–water partition coefficient (Wildman–Crippen LogP) is 2.93. The number of benzene rings is 2. The number of para-hydroxylation sites is 2. The fraction of sp³-hybridized carbons (Fsp3) is 0.143. The zero-order valence-corrected chi connectivity index (χ0v) is 14.6. The molecule has 0 amide bonds. The van der Waals surface area contributed by atoms with E-state index in [1.807, 2.05) is 54.6 Å². The third-order valence-corrected chi connectivity index (χ3v) is 4.49. The SMILES string of the molecule is O=c1[nH]ccc(NC(CO)Cc2ccccc2)c1-c1nc2ccccc2[nH]1. The van der Waals surface area contributed by atoms with Gasteiger partial charge in [-0.3, -0.25) is 4.79 Å². The second-order valence-electron chi connectivity index (χ2n) is 6.41. The van der Waals surface area contributed by atoms with E-state index >= 15 is 0 Å². The summed E-state index contributed by atoms with van der Waals surface area (Å²) in [6.07, 6.45) is 2.23. The van der Waals surface area contributed by atoms with Crippen molar-refractivity contribution in [2.75, 3.05) is 11.9 Å². The topological polar surface area (TPSA) is 93.8 Å². The van der Waals surface area contributed by atoms with E-state index < -0.39 is 0 Å². The number of aliphatic hydroxyl groups excluding tert-OH is 1. The van der Waals surface area contributed by atoms with Crippen molar-refractivity contribution in [2.24, 2.45) is 0 Å². The van der Waals surface area contributed by atoms with Crippen LogP contribution in [0.4, 0.5) is 5.69 Å². The molecule has 4 rings (SSSR count). The van der Waals surface area contributed by atoms with Crippen LogP contribution in [-0.2, 0) is 6.42 Å². The number of aliphatic hydroxyl groups is 1. The van der Waals surface area contributed by atoms with E-state index in [4.69, 9.17) is 0 Å². The highest BCUT2D eigenvalue weighted by Crippen LogP contribution is 2.25. The van der Waals surface area contributed by atoms with E-state index in [2.05, 4.69) is 20.3 Å². The lowest BCUT2D eigenvalue weighted by Gasteiger charge is -2.19. The van der Waals surface area contributed by atoms with Gasteiger partial charge in [-0.2, -0.15) is 0 Å². The summed E-state index contributed by atoms with van der Waals surface area (Å²) < 4.78 is 0. The number of nitrogens with one attached hydrogen (secondary N) is 3. The highest BCUT2D eigenvalue weighted by Gasteiger charge is 2.17. The molecule has 1 atom stereocenters. The van der Waals surface area contributed by atoms with Crippen molar-refractivity contribution in [3.63, 3.8) is 0 Å². The maximum Gasteiger partial charge on any atom is 0.261 e. The molecule has 0 aliphatic carbocycles. The molecule has 136 valence electrons. The second kappa shape index (κ2) is 7.47. The normalized spacial score (nSPS) is 12.2. The standard InChI is InChI=1S/C21H20N4O2/c26-13-15(12-14-6-2-1-3-7-14)23-18-10-11-22-21(27)19(18)20-24-16-8-4-5-9-17(16)25-20/h1-11,15,26H,12-13H2,(H,24,25)(H2,22,23,27). The Bertz CT molecular complexity index is 1070. The number of H-pyrrole nitrogens is 2. The monoisotopic (exact) mass is 360 g/mol. The Kier molecular flexibility index (Phi) is 4.72. The molecule has 2 aromatic carbocycles. The Morgan fingerprint density at radius 3 is 2.59 bits per heavy atom. The molecule has 0 saturated heterocycles. The first-order chi connectivity index (χ1) is 13.2. The van der Waals surface area contributed by atoms with Crippen LogP contribution in [0.25, 0.3) is 22.4 Å². The van der Waals surface area contributed by atoms with Crippen LogP contribution in [0.15, 0.2) is 71.7 Å². The van der Waals surface area contributed by atoms with Gasteiger partial charge in [0.05, 0.1) is 29.4 Å². The molecule has 4 N–H and O–H groups in total. The summed E-state index contributed by atoms with van der Waals surface area (Å²) in [5, 5.41) is 13.1. The minimum absolute atomic E-state index is 0.0543. The Morgan fingerprint density at radius 1 is 1.04 bits per heavy atom. The summed E-state index contributed by atoms with van der Waals surface area (Å²) in [6, 6.07) is 19.1. The zero-order valence-electron chi connectivity index (χ0n) is 14.6. The number of aromatic nitrogens is 3. The maximum absolute atomic E-state index is 12.5. The zero-order chi connectivity index (χ0) is 18.6. The molecule has 27 heavy (non-hydrogen) atoms. The van der Waals surface area contributed by atoms with Crippen LogP contribution in [0.3, 0.4) is 0 Å². The molecule has 6 heteroatoms. The van der Waals surface area contributed by atoms with E-state index in [-0.39, 0.29) is 18.2 Å². The number of pyridine rings is 1. The number of aromatic amines is 2. The minimum atomic E-state index is -0.240. The van der Waals surface area contributed by atoms with E-state index in [1.165, 1.54) is 0 Å². The molecule has 2 heterocycles. The van der Waals surface area contributed by atoms with Crippen LogP contribution in [0.2, 0.25) is 0 Å². The van der Waals surface area contributed by atoms with Gasteiger partial charge in [-0.25, -0.2) is 4.98 Å². The van der Waals surface area contributed by atoms with Crippen molar-refractivity contribution >= 4 is 16.7 Å². The number of anilines is 1. The number of imidazole rings is 1. The Morgan fingerprint density at radius 2 is 1.81 bits per heavy atom. The number of fused-ring (bicyclic) bond motifs is 1. The van der Waals surface area contributed by atoms with Gasteiger partial charge in [0.2, 0.25) is 0 Å². The van der Waals surface area contributed by atoms with Gasteiger partial charge in [-0.15, -0.1) is 0 Å². The fourth-order valence-corrected chi connectivity index (χ4v) is 3.18.